The van der Waals surface area contributed by atoms with E-state index in [4.69, 9.17) is 4.74 Å². The van der Waals surface area contributed by atoms with E-state index >= 15 is 0 Å². The summed E-state index contributed by atoms with van der Waals surface area (Å²) in [6, 6.07) is 8.86. The van der Waals surface area contributed by atoms with Crippen molar-refractivity contribution in [3.63, 3.8) is 0 Å². The first-order valence-electron chi connectivity index (χ1n) is 9.88. The minimum Gasteiger partial charge on any atom is -0.381 e. The number of benzene rings is 1. The van der Waals surface area contributed by atoms with Crippen LogP contribution in [0.5, 0.6) is 0 Å². The summed E-state index contributed by atoms with van der Waals surface area (Å²) in [5.74, 6) is 0. The van der Waals surface area contributed by atoms with Crippen LogP contribution < -0.4 is 0 Å². The third-order valence-corrected chi connectivity index (χ3v) is 4.92. The van der Waals surface area contributed by atoms with Gasteiger partial charge in [0.25, 0.3) is 0 Å². The molecule has 0 aliphatic carbocycles. The lowest BCUT2D eigenvalue weighted by Gasteiger charge is -2.28. The summed E-state index contributed by atoms with van der Waals surface area (Å²) in [5.41, 5.74) is 3.05. The average Bonchev–Trinajstić information content (AvgIpc) is 2.62. The molecule has 0 fully saturated rings. The fraction of sp³-hybridized carbons (Fsp3) is 0.636. The summed E-state index contributed by atoms with van der Waals surface area (Å²) in [5, 5.41) is 0. The molecule has 1 aliphatic rings. The third kappa shape index (κ3) is 7.63. The topological polar surface area (TPSA) is 12.5 Å². The van der Waals surface area contributed by atoms with Crippen molar-refractivity contribution in [3.05, 3.63) is 48.0 Å². The van der Waals surface area contributed by atoms with Crippen LogP contribution in [0.1, 0.15) is 62.5 Å². The Morgan fingerprint density at radius 3 is 2.46 bits per heavy atom. The average molecular weight is 330 g/mol. The molecule has 0 amide bonds. The van der Waals surface area contributed by atoms with Gasteiger partial charge in [-0.05, 0) is 43.2 Å². The van der Waals surface area contributed by atoms with Crippen molar-refractivity contribution >= 4 is 0 Å². The highest BCUT2D eigenvalue weighted by atomic mass is 16.5. The Kier molecular flexibility index (Phi) is 9.82. The molecule has 2 heteroatoms. The van der Waals surface area contributed by atoms with E-state index in [-0.39, 0.29) is 0 Å². The maximum Gasteiger partial charge on any atom is 0.0478 e. The van der Waals surface area contributed by atoms with Crippen LogP contribution >= 0.6 is 0 Å². The quantitative estimate of drug-likeness (QED) is 0.356. The minimum atomic E-state index is 0.914. The molecule has 0 saturated carbocycles. The molecular formula is C22H35NO. The fourth-order valence-electron chi connectivity index (χ4n) is 3.44. The maximum atomic E-state index is 5.80. The van der Waals surface area contributed by atoms with Gasteiger partial charge in [-0.3, -0.25) is 4.90 Å². The molecule has 0 radical (unpaired) electrons. The maximum absolute atomic E-state index is 5.80. The first kappa shape index (κ1) is 19.2. The fourth-order valence-corrected chi connectivity index (χ4v) is 3.44. The van der Waals surface area contributed by atoms with Crippen molar-refractivity contribution in [1.82, 2.24) is 4.90 Å². The third-order valence-electron chi connectivity index (χ3n) is 4.92. The van der Waals surface area contributed by atoms with Crippen LogP contribution in [-0.4, -0.2) is 31.2 Å². The Hall–Kier alpha value is -1.12. The first-order valence-corrected chi connectivity index (χ1v) is 9.88. The molecule has 2 nitrogen and oxygen atoms in total. The Bertz CT molecular complexity index is 457. The van der Waals surface area contributed by atoms with Gasteiger partial charge in [0.15, 0.2) is 0 Å². The van der Waals surface area contributed by atoms with E-state index in [9.17, 15) is 0 Å². The number of nitrogens with zero attached hydrogens (tertiary/aromatic N) is 1. The van der Waals surface area contributed by atoms with Crippen molar-refractivity contribution in [1.29, 1.82) is 0 Å². The SMILES string of the molecule is C=CCCCCCCCCOCCCN1CCc2ccccc2C1. The minimum absolute atomic E-state index is 0.914. The molecular weight excluding hydrogens is 294 g/mol. The van der Waals surface area contributed by atoms with Gasteiger partial charge in [-0.1, -0.05) is 56.0 Å². The van der Waals surface area contributed by atoms with Crippen molar-refractivity contribution in [3.8, 4) is 0 Å². The molecule has 0 aromatic heterocycles. The highest BCUT2D eigenvalue weighted by Crippen LogP contribution is 2.18. The summed E-state index contributed by atoms with van der Waals surface area (Å²) >= 11 is 0. The number of ether oxygens (including phenoxy) is 1. The largest absolute Gasteiger partial charge is 0.381 e. The Morgan fingerprint density at radius 1 is 0.917 bits per heavy atom. The monoisotopic (exact) mass is 329 g/mol. The van der Waals surface area contributed by atoms with Gasteiger partial charge in [-0.15, -0.1) is 6.58 Å². The Morgan fingerprint density at radius 2 is 1.62 bits per heavy atom. The zero-order valence-electron chi connectivity index (χ0n) is 15.3. The zero-order valence-corrected chi connectivity index (χ0v) is 15.3. The molecule has 0 bridgehead atoms. The predicted molar refractivity (Wildman–Crippen MR) is 103 cm³/mol. The number of fused-ring (bicyclic) bond motifs is 1. The van der Waals surface area contributed by atoms with E-state index in [1.54, 1.807) is 0 Å². The van der Waals surface area contributed by atoms with Crippen LogP contribution in [0, 0.1) is 0 Å². The molecule has 0 spiro atoms. The molecule has 0 atom stereocenters. The second kappa shape index (κ2) is 12.3. The standard InChI is InChI=1S/C22H35NO/c1-2-3-4-5-6-7-8-11-18-24-19-12-16-23-17-15-21-13-9-10-14-22(21)20-23/h2,9-10,13-14H,1,3-8,11-12,15-20H2. The van der Waals surface area contributed by atoms with E-state index in [1.807, 2.05) is 6.08 Å². The number of hydrogen-bond acceptors (Lipinski definition) is 2. The molecule has 24 heavy (non-hydrogen) atoms. The van der Waals surface area contributed by atoms with Crippen LogP contribution in [0.3, 0.4) is 0 Å². The van der Waals surface area contributed by atoms with Gasteiger partial charge in [0.1, 0.15) is 0 Å². The summed E-state index contributed by atoms with van der Waals surface area (Å²) in [7, 11) is 0. The van der Waals surface area contributed by atoms with Crippen LogP contribution in [0.4, 0.5) is 0 Å². The highest BCUT2D eigenvalue weighted by Gasteiger charge is 2.14. The van der Waals surface area contributed by atoms with E-state index in [0.29, 0.717) is 0 Å². The molecule has 1 aromatic carbocycles. The molecule has 2 rings (SSSR count). The normalized spacial score (nSPS) is 14.5. The van der Waals surface area contributed by atoms with Crippen LogP contribution in [0.25, 0.3) is 0 Å². The summed E-state index contributed by atoms with van der Waals surface area (Å²) in [6.45, 7) is 9.09. The Balaban J connectivity index is 1.39. The van der Waals surface area contributed by atoms with Crippen molar-refractivity contribution in [2.45, 2.75) is 64.3 Å². The molecule has 1 aliphatic heterocycles. The molecule has 0 N–H and O–H groups in total. The molecule has 134 valence electrons. The van der Waals surface area contributed by atoms with Crippen LogP contribution in [0.2, 0.25) is 0 Å². The first-order chi connectivity index (χ1) is 11.9. The van der Waals surface area contributed by atoms with Crippen LogP contribution in [-0.2, 0) is 17.7 Å². The predicted octanol–water partition coefficient (Wildman–Crippen LogP) is 5.37. The van der Waals surface area contributed by atoms with Gasteiger partial charge in [0.2, 0.25) is 0 Å². The summed E-state index contributed by atoms with van der Waals surface area (Å²) < 4.78 is 5.80. The number of rotatable bonds is 13. The van der Waals surface area contributed by atoms with Gasteiger partial charge < -0.3 is 4.74 Å². The lowest BCUT2D eigenvalue weighted by Crippen LogP contribution is -2.31. The number of allylic oxidation sites excluding steroid dienone is 1. The van der Waals surface area contributed by atoms with Crippen molar-refractivity contribution in [2.24, 2.45) is 0 Å². The van der Waals surface area contributed by atoms with E-state index in [1.165, 1.54) is 69.0 Å². The number of unbranched alkanes of at least 4 members (excludes halogenated alkanes) is 6. The van der Waals surface area contributed by atoms with Gasteiger partial charge in [0.05, 0.1) is 0 Å². The number of hydrogen-bond donors (Lipinski definition) is 0. The lowest BCUT2D eigenvalue weighted by molar-refractivity contribution is 0.115. The van der Waals surface area contributed by atoms with Gasteiger partial charge in [0, 0.05) is 32.8 Å². The molecule has 1 aromatic rings. The van der Waals surface area contributed by atoms with E-state index in [0.717, 1.165) is 32.7 Å². The van der Waals surface area contributed by atoms with Gasteiger partial charge in [-0.25, -0.2) is 0 Å². The Labute approximate surface area is 148 Å². The second-order valence-corrected chi connectivity index (χ2v) is 6.96. The smallest absolute Gasteiger partial charge is 0.0478 e. The lowest BCUT2D eigenvalue weighted by atomic mass is 10.00. The van der Waals surface area contributed by atoms with Crippen molar-refractivity contribution < 1.29 is 4.74 Å². The van der Waals surface area contributed by atoms with E-state index < -0.39 is 0 Å². The zero-order chi connectivity index (χ0) is 16.9. The van der Waals surface area contributed by atoms with E-state index in [2.05, 4.69) is 35.7 Å². The summed E-state index contributed by atoms with van der Waals surface area (Å²) in [6.07, 6.45) is 13.5. The van der Waals surface area contributed by atoms with Gasteiger partial charge in [-0.2, -0.15) is 0 Å². The van der Waals surface area contributed by atoms with Gasteiger partial charge >= 0.3 is 0 Å². The summed E-state index contributed by atoms with van der Waals surface area (Å²) in [4.78, 5) is 2.56. The highest BCUT2D eigenvalue weighted by molar-refractivity contribution is 5.28. The molecule has 0 saturated heterocycles. The van der Waals surface area contributed by atoms with Crippen molar-refractivity contribution in [2.75, 3.05) is 26.3 Å². The van der Waals surface area contributed by atoms with Crippen LogP contribution in [0.15, 0.2) is 36.9 Å². The molecule has 1 heterocycles. The molecule has 0 unspecified atom stereocenters. The second-order valence-electron chi connectivity index (χ2n) is 6.96.